The Morgan fingerprint density at radius 3 is 2.86 bits per heavy atom. The van der Waals surface area contributed by atoms with Crippen LogP contribution >= 0.6 is 0 Å². The van der Waals surface area contributed by atoms with Gasteiger partial charge in [0.05, 0.1) is 37.4 Å². The van der Waals surface area contributed by atoms with Gasteiger partial charge in [0.15, 0.2) is 5.82 Å². The molecule has 9 heteroatoms. The number of hydrogen-bond donors (Lipinski definition) is 2. The largest absolute Gasteiger partial charge is 0.370 e. The third kappa shape index (κ3) is 4.17. The highest BCUT2D eigenvalue weighted by molar-refractivity contribution is 5.88. The molecule has 1 aliphatic rings. The lowest BCUT2D eigenvalue weighted by atomic mass is 10.0. The molecule has 3 N–H and O–H groups in total. The summed E-state index contributed by atoms with van der Waals surface area (Å²) in [5.41, 5.74) is 4.67. The van der Waals surface area contributed by atoms with E-state index >= 15 is 0 Å². The highest BCUT2D eigenvalue weighted by Gasteiger charge is 2.36. The van der Waals surface area contributed by atoms with Gasteiger partial charge in [0, 0.05) is 6.54 Å². The lowest BCUT2D eigenvalue weighted by Gasteiger charge is -2.42. The fraction of sp³-hybridized carbons (Fsp3) is 0.692. The normalized spacial score (nSPS) is 20.7. The quantitative estimate of drug-likeness (QED) is 0.823. The van der Waals surface area contributed by atoms with Crippen LogP contribution in [0.1, 0.15) is 27.2 Å². The number of primary amides is 1. The molecule has 2 heterocycles. The van der Waals surface area contributed by atoms with Crippen molar-refractivity contribution in [3.05, 3.63) is 6.20 Å². The molecule has 0 aliphatic carbocycles. The van der Waals surface area contributed by atoms with Crippen LogP contribution in [0.15, 0.2) is 6.20 Å². The number of nitrogens with zero attached hydrogens (tertiary/aromatic N) is 4. The van der Waals surface area contributed by atoms with Crippen LogP contribution in [0.5, 0.6) is 0 Å². The van der Waals surface area contributed by atoms with Gasteiger partial charge in [0.2, 0.25) is 5.91 Å². The van der Waals surface area contributed by atoms with E-state index in [0.717, 1.165) is 0 Å². The van der Waals surface area contributed by atoms with E-state index < -0.39 is 17.6 Å². The first kappa shape index (κ1) is 16.2. The van der Waals surface area contributed by atoms with E-state index in [1.54, 1.807) is 4.90 Å². The van der Waals surface area contributed by atoms with Crippen LogP contribution in [0, 0.1) is 0 Å². The second-order valence-corrected chi connectivity index (χ2v) is 5.90. The van der Waals surface area contributed by atoms with Crippen LogP contribution in [0.25, 0.3) is 0 Å². The van der Waals surface area contributed by atoms with Gasteiger partial charge in [-0.15, -0.1) is 5.10 Å². The van der Waals surface area contributed by atoms with Crippen LogP contribution < -0.4 is 11.1 Å². The molecule has 0 spiro atoms. The van der Waals surface area contributed by atoms with Crippen LogP contribution in [0.3, 0.4) is 0 Å². The van der Waals surface area contributed by atoms with Gasteiger partial charge in [-0.1, -0.05) is 0 Å². The van der Waals surface area contributed by atoms with Crippen molar-refractivity contribution in [3.63, 3.8) is 0 Å². The number of ether oxygens (including phenoxy) is 1. The summed E-state index contributed by atoms with van der Waals surface area (Å²) in [7, 11) is 0. The summed E-state index contributed by atoms with van der Waals surface area (Å²) in [5, 5.41) is 10.8. The van der Waals surface area contributed by atoms with Gasteiger partial charge in [-0.05, 0) is 20.8 Å². The zero-order valence-electron chi connectivity index (χ0n) is 13.1. The standard InChI is InChI=1S/C13H22N6O3/c1-4-19-15-6-11(17-19)16-12(21)18-7-9(5-10(14)20)22-13(2,3)8-18/h6,9H,4-5,7-8H2,1-3H3,(H2,14,20)(H,16,17,21). The molecule has 1 fully saturated rings. The number of anilines is 1. The van der Waals surface area contributed by atoms with Crippen molar-refractivity contribution in [2.75, 3.05) is 18.4 Å². The number of hydrogen-bond acceptors (Lipinski definition) is 5. The maximum absolute atomic E-state index is 12.4. The molecule has 122 valence electrons. The van der Waals surface area contributed by atoms with Crippen molar-refractivity contribution < 1.29 is 14.3 Å². The highest BCUT2D eigenvalue weighted by Crippen LogP contribution is 2.23. The molecule has 1 aromatic rings. The van der Waals surface area contributed by atoms with Crippen molar-refractivity contribution in [1.29, 1.82) is 0 Å². The highest BCUT2D eigenvalue weighted by atomic mass is 16.5. The van der Waals surface area contributed by atoms with E-state index in [1.807, 2.05) is 20.8 Å². The number of amides is 3. The molecule has 1 saturated heterocycles. The maximum Gasteiger partial charge on any atom is 0.323 e. The Morgan fingerprint density at radius 1 is 1.55 bits per heavy atom. The molecule has 1 unspecified atom stereocenters. The molecular formula is C13H22N6O3. The summed E-state index contributed by atoms with van der Waals surface area (Å²) in [5.74, 6) is -0.0588. The molecule has 0 bridgehead atoms. The summed E-state index contributed by atoms with van der Waals surface area (Å²) in [4.78, 5) is 26.5. The third-order valence-corrected chi connectivity index (χ3v) is 3.25. The first-order chi connectivity index (χ1) is 10.3. The monoisotopic (exact) mass is 310 g/mol. The Bertz CT molecular complexity index is 556. The fourth-order valence-electron chi connectivity index (χ4n) is 2.48. The van der Waals surface area contributed by atoms with Gasteiger partial charge in [-0.2, -0.15) is 9.90 Å². The predicted octanol–water partition coefficient (Wildman–Crippen LogP) is 0.185. The molecule has 2 rings (SSSR count). The van der Waals surface area contributed by atoms with Gasteiger partial charge in [0.25, 0.3) is 0 Å². The van der Waals surface area contributed by atoms with Crippen molar-refractivity contribution in [3.8, 4) is 0 Å². The number of nitrogens with two attached hydrogens (primary N) is 1. The number of carbonyl (C=O) groups excluding carboxylic acids is 2. The van der Waals surface area contributed by atoms with Crippen LogP contribution in [0.2, 0.25) is 0 Å². The Hall–Kier alpha value is -2.16. The molecule has 0 aromatic carbocycles. The number of morpholine rings is 1. The Kier molecular flexibility index (Phi) is 4.65. The van der Waals surface area contributed by atoms with E-state index in [9.17, 15) is 9.59 Å². The van der Waals surface area contributed by atoms with Gasteiger partial charge in [0.1, 0.15) is 0 Å². The van der Waals surface area contributed by atoms with E-state index in [4.69, 9.17) is 10.5 Å². The predicted molar refractivity (Wildman–Crippen MR) is 79.1 cm³/mol. The minimum Gasteiger partial charge on any atom is -0.370 e. The van der Waals surface area contributed by atoms with Crippen molar-refractivity contribution >= 4 is 17.8 Å². The average molecular weight is 310 g/mol. The maximum atomic E-state index is 12.4. The molecule has 1 atom stereocenters. The van der Waals surface area contributed by atoms with E-state index in [2.05, 4.69) is 15.5 Å². The van der Waals surface area contributed by atoms with Crippen molar-refractivity contribution in [2.24, 2.45) is 5.73 Å². The van der Waals surface area contributed by atoms with Gasteiger partial charge in [-0.25, -0.2) is 4.79 Å². The molecule has 1 aliphatic heterocycles. The molecule has 9 nitrogen and oxygen atoms in total. The van der Waals surface area contributed by atoms with Gasteiger partial charge >= 0.3 is 6.03 Å². The second kappa shape index (κ2) is 6.30. The molecular weight excluding hydrogens is 288 g/mol. The van der Waals surface area contributed by atoms with E-state index in [0.29, 0.717) is 25.5 Å². The van der Waals surface area contributed by atoms with E-state index in [1.165, 1.54) is 11.0 Å². The molecule has 22 heavy (non-hydrogen) atoms. The minimum absolute atomic E-state index is 0.0826. The topological polar surface area (TPSA) is 115 Å². The number of urea groups is 1. The average Bonchev–Trinajstić information content (AvgIpc) is 2.83. The van der Waals surface area contributed by atoms with Gasteiger partial charge in [-0.3, -0.25) is 10.1 Å². The molecule has 1 aromatic heterocycles. The molecule has 0 radical (unpaired) electrons. The summed E-state index contributed by atoms with van der Waals surface area (Å²) >= 11 is 0. The zero-order valence-corrected chi connectivity index (χ0v) is 13.1. The lowest BCUT2D eigenvalue weighted by Crippen LogP contribution is -2.56. The first-order valence-corrected chi connectivity index (χ1v) is 7.21. The molecule has 0 saturated carbocycles. The summed E-state index contributed by atoms with van der Waals surface area (Å²) in [6.07, 6.45) is 1.17. The Morgan fingerprint density at radius 2 is 2.27 bits per heavy atom. The van der Waals surface area contributed by atoms with E-state index in [-0.39, 0.29) is 12.5 Å². The summed E-state index contributed by atoms with van der Waals surface area (Å²) in [6, 6.07) is -0.297. The first-order valence-electron chi connectivity index (χ1n) is 7.21. The Labute approximate surface area is 128 Å². The lowest BCUT2D eigenvalue weighted by molar-refractivity contribution is -0.139. The second-order valence-electron chi connectivity index (χ2n) is 5.90. The third-order valence-electron chi connectivity index (χ3n) is 3.25. The van der Waals surface area contributed by atoms with Crippen LogP contribution in [0.4, 0.5) is 10.6 Å². The smallest absolute Gasteiger partial charge is 0.323 e. The minimum atomic E-state index is -0.545. The number of aryl methyl sites for hydroxylation is 1. The summed E-state index contributed by atoms with van der Waals surface area (Å²) < 4.78 is 5.78. The summed E-state index contributed by atoms with van der Waals surface area (Å²) in [6.45, 7) is 6.99. The zero-order chi connectivity index (χ0) is 16.3. The van der Waals surface area contributed by atoms with Crippen molar-refractivity contribution in [1.82, 2.24) is 19.9 Å². The Balaban J connectivity index is 2.02. The SMILES string of the molecule is CCn1ncc(NC(=O)N2CC(CC(N)=O)OC(C)(C)C2)n1. The van der Waals surface area contributed by atoms with Gasteiger partial charge < -0.3 is 15.4 Å². The number of aromatic nitrogens is 3. The van der Waals surface area contributed by atoms with Crippen LogP contribution in [-0.4, -0.2) is 56.6 Å². The number of nitrogens with one attached hydrogen (secondary N) is 1. The molecule has 3 amide bonds. The number of rotatable bonds is 4. The van der Waals surface area contributed by atoms with Crippen LogP contribution in [-0.2, 0) is 16.1 Å². The fourth-order valence-corrected chi connectivity index (χ4v) is 2.48. The van der Waals surface area contributed by atoms with Crippen molar-refractivity contribution in [2.45, 2.75) is 45.4 Å². The number of carbonyl (C=O) groups is 2.